The molecule has 1 fully saturated rings. The van der Waals surface area contributed by atoms with Gasteiger partial charge < -0.3 is 4.90 Å². The molecule has 0 unspecified atom stereocenters. The van der Waals surface area contributed by atoms with Crippen molar-refractivity contribution in [2.45, 2.75) is 33.1 Å². The number of para-hydroxylation sites is 1. The fourth-order valence-corrected chi connectivity index (χ4v) is 4.43. The van der Waals surface area contributed by atoms with Gasteiger partial charge in [0.25, 0.3) is 11.8 Å². The second-order valence-electron chi connectivity index (χ2n) is 7.60. The maximum absolute atomic E-state index is 12.7. The van der Waals surface area contributed by atoms with Crippen molar-refractivity contribution in [1.29, 1.82) is 0 Å². The lowest BCUT2D eigenvalue weighted by Gasteiger charge is -2.35. The molecule has 1 saturated heterocycles. The molecule has 2 heterocycles. The number of amides is 2. The van der Waals surface area contributed by atoms with Crippen LogP contribution in [0.5, 0.6) is 0 Å². The van der Waals surface area contributed by atoms with Gasteiger partial charge in [-0.15, -0.1) is 0 Å². The van der Waals surface area contributed by atoms with Crippen LogP contribution in [0, 0.1) is 0 Å². The molecule has 6 heteroatoms. The van der Waals surface area contributed by atoms with Gasteiger partial charge in [-0.2, -0.15) is 0 Å². The van der Waals surface area contributed by atoms with E-state index >= 15 is 0 Å². The monoisotopic (exact) mass is 409 g/mol. The Hall–Kier alpha value is -2.73. The topological polar surface area (TPSA) is 43.9 Å². The molecule has 1 aromatic carbocycles. The fourth-order valence-electron chi connectivity index (χ4n) is 4.00. The van der Waals surface area contributed by atoms with Gasteiger partial charge in [0.2, 0.25) is 0 Å². The van der Waals surface area contributed by atoms with Crippen molar-refractivity contribution in [3.8, 4) is 0 Å². The molecule has 2 aliphatic rings. The number of allylic oxidation sites excluding steroid dienone is 5. The van der Waals surface area contributed by atoms with Crippen molar-refractivity contribution >= 4 is 34.8 Å². The van der Waals surface area contributed by atoms with Crippen LogP contribution in [0.3, 0.4) is 0 Å². The summed E-state index contributed by atoms with van der Waals surface area (Å²) in [4.78, 5) is 30.4. The highest BCUT2D eigenvalue weighted by molar-refractivity contribution is 7.80. The van der Waals surface area contributed by atoms with Crippen LogP contribution in [0.25, 0.3) is 0 Å². The predicted molar refractivity (Wildman–Crippen MR) is 121 cm³/mol. The first kappa shape index (κ1) is 21.0. The Morgan fingerprint density at radius 1 is 0.966 bits per heavy atom. The highest BCUT2D eigenvalue weighted by Crippen LogP contribution is 2.46. The predicted octanol–water partition coefficient (Wildman–Crippen LogP) is 3.78. The second-order valence-corrected chi connectivity index (χ2v) is 7.96. The summed E-state index contributed by atoms with van der Waals surface area (Å²) in [7, 11) is 2.05. The van der Waals surface area contributed by atoms with E-state index in [9.17, 15) is 9.59 Å². The number of carbonyl (C=O) groups excluding carboxylic acids is 2. The Kier molecular flexibility index (Phi) is 5.75. The smallest absolute Gasteiger partial charge is 0.265 e. The van der Waals surface area contributed by atoms with Crippen LogP contribution in [0.15, 0.2) is 59.8 Å². The van der Waals surface area contributed by atoms with Gasteiger partial charge in [0, 0.05) is 36.9 Å². The van der Waals surface area contributed by atoms with E-state index in [2.05, 4.69) is 44.0 Å². The molecular formula is C23H27N3O2S. The Morgan fingerprint density at radius 3 is 2.07 bits per heavy atom. The van der Waals surface area contributed by atoms with Gasteiger partial charge in [-0.25, -0.2) is 0 Å². The van der Waals surface area contributed by atoms with E-state index < -0.39 is 0 Å². The summed E-state index contributed by atoms with van der Waals surface area (Å²) in [5.74, 6) is -0.676. The number of anilines is 1. The third-order valence-electron chi connectivity index (χ3n) is 5.61. The summed E-state index contributed by atoms with van der Waals surface area (Å²) in [6.45, 7) is 8.96. The lowest BCUT2D eigenvalue weighted by Crippen LogP contribution is -2.55. The van der Waals surface area contributed by atoms with Gasteiger partial charge in [0.15, 0.2) is 5.11 Å². The molecule has 0 radical (unpaired) electrons. The number of hydrogen-bond acceptors (Lipinski definition) is 4. The molecular weight excluding hydrogens is 382 g/mol. The van der Waals surface area contributed by atoms with E-state index in [0.717, 1.165) is 5.70 Å². The molecule has 0 aliphatic carbocycles. The molecule has 2 amide bonds. The van der Waals surface area contributed by atoms with Crippen LogP contribution >= 0.6 is 12.2 Å². The van der Waals surface area contributed by atoms with Gasteiger partial charge in [-0.3, -0.25) is 19.4 Å². The van der Waals surface area contributed by atoms with Gasteiger partial charge in [-0.1, -0.05) is 44.2 Å². The third kappa shape index (κ3) is 3.42. The van der Waals surface area contributed by atoms with Gasteiger partial charge in [-0.05, 0) is 49.8 Å². The Labute approximate surface area is 178 Å². The van der Waals surface area contributed by atoms with Crippen molar-refractivity contribution < 1.29 is 9.59 Å². The zero-order valence-corrected chi connectivity index (χ0v) is 18.4. The molecule has 0 bridgehead atoms. The highest BCUT2D eigenvalue weighted by atomic mass is 32.1. The average Bonchev–Trinajstić information content (AvgIpc) is 2.88. The first-order valence-electron chi connectivity index (χ1n) is 9.85. The minimum absolute atomic E-state index is 0.122. The van der Waals surface area contributed by atoms with E-state index in [1.165, 1.54) is 21.1 Å². The summed E-state index contributed by atoms with van der Waals surface area (Å²) in [6.07, 6.45) is 7.26. The summed E-state index contributed by atoms with van der Waals surface area (Å²) in [5, 5.41) is 0.278. The zero-order valence-electron chi connectivity index (χ0n) is 17.6. The summed E-state index contributed by atoms with van der Waals surface area (Å²) in [5.41, 5.74) is 3.65. The zero-order chi connectivity index (χ0) is 21.3. The van der Waals surface area contributed by atoms with Gasteiger partial charge >= 0.3 is 0 Å². The standard InChI is InChI=1S/C23H27N3O2S/c1-6-25-20(27)16(21(28)26(7-2)22(25)29)12-8-11-15-19-23(3,4)17-13-9-10-14-18(17)24(19)5/h8-15H,6-7H2,1-5H3/b11-8-,19-15-. The van der Waals surface area contributed by atoms with Crippen LogP contribution in [0.2, 0.25) is 0 Å². The normalized spacial score (nSPS) is 20.3. The highest BCUT2D eigenvalue weighted by Gasteiger charge is 2.38. The minimum Gasteiger partial charge on any atom is -0.347 e. The number of likely N-dealkylation sites (N-methyl/N-ethyl adjacent to an activating group) is 3. The van der Waals surface area contributed by atoms with E-state index in [4.69, 9.17) is 12.2 Å². The first-order chi connectivity index (χ1) is 13.8. The number of benzene rings is 1. The number of fused-ring (bicyclic) bond motifs is 1. The van der Waals surface area contributed by atoms with Crippen LogP contribution in [-0.2, 0) is 15.0 Å². The Bertz CT molecular complexity index is 931. The molecule has 5 nitrogen and oxygen atoms in total. The van der Waals surface area contributed by atoms with E-state index in [1.807, 2.05) is 32.1 Å². The van der Waals surface area contributed by atoms with Crippen LogP contribution in [-0.4, -0.2) is 46.9 Å². The van der Waals surface area contributed by atoms with Crippen LogP contribution in [0.1, 0.15) is 33.3 Å². The van der Waals surface area contributed by atoms with Gasteiger partial charge in [0.05, 0.1) is 0 Å². The molecule has 0 N–H and O–H groups in total. The maximum Gasteiger partial charge on any atom is 0.265 e. The van der Waals surface area contributed by atoms with Gasteiger partial charge in [0.1, 0.15) is 5.57 Å². The van der Waals surface area contributed by atoms with Crippen molar-refractivity contribution in [3.05, 3.63) is 65.4 Å². The van der Waals surface area contributed by atoms with Crippen molar-refractivity contribution in [2.75, 3.05) is 25.0 Å². The lowest BCUT2D eigenvalue weighted by molar-refractivity contribution is -0.133. The van der Waals surface area contributed by atoms with Crippen LogP contribution < -0.4 is 4.90 Å². The molecule has 1 aromatic rings. The summed E-state index contributed by atoms with van der Waals surface area (Å²) >= 11 is 5.28. The SMILES string of the molecule is CCN1C(=O)C(=C/C=C\C=C2/N(C)c3ccccc3C2(C)C)C(=O)N(CC)C1=S. The molecule has 29 heavy (non-hydrogen) atoms. The number of carbonyl (C=O) groups is 2. The quantitative estimate of drug-likeness (QED) is 0.431. The molecule has 2 aliphatic heterocycles. The van der Waals surface area contributed by atoms with Crippen molar-refractivity contribution in [3.63, 3.8) is 0 Å². The molecule has 0 saturated carbocycles. The maximum atomic E-state index is 12.7. The van der Waals surface area contributed by atoms with Crippen molar-refractivity contribution in [2.24, 2.45) is 0 Å². The number of rotatable bonds is 4. The second kappa shape index (κ2) is 7.95. The van der Waals surface area contributed by atoms with E-state index in [1.54, 1.807) is 12.2 Å². The molecule has 3 rings (SSSR count). The molecule has 152 valence electrons. The van der Waals surface area contributed by atoms with E-state index in [-0.39, 0.29) is 27.9 Å². The first-order valence-corrected chi connectivity index (χ1v) is 10.3. The van der Waals surface area contributed by atoms with Crippen molar-refractivity contribution in [1.82, 2.24) is 9.80 Å². The summed E-state index contributed by atoms with van der Waals surface area (Å²) in [6, 6.07) is 8.36. The number of hydrogen-bond donors (Lipinski definition) is 0. The third-order valence-corrected chi connectivity index (χ3v) is 6.05. The van der Waals surface area contributed by atoms with Crippen LogP contribution in [0.4, 0.5) is 5.69 Å². The molecule has 0 atom stereocenters. The number of thiocarbonyl (C=S) groups is 1. The average molecular weight is 410 g/mol. The molecule has 0 spiro atoms. The largest absolute Gasteiger partial charge is 0.347 e. The Morgan fingerprint density at radius 2 is 1.52 bits per heavy atom. The van der Waals surface area contributed by atoms with E-state index in [0.29, 0.717) is 13.1 Å². The summed E-state index contributed by atoms with van der Waals surface area (Å²) < 4.78 is 0. The fraction of sp³-hybridized carbons (Fsp3) is 0.348. The Balaban J connectivity index is 1.89. The number of nitrogens with zero attached hydrogens (tertiary/aromatic N) is 3. The lowest BCUT2D eigenvalue weighted by atomic mass is 9.84. The molecule has 0 aromatic heterocycles. The minimum atomic E-state index is -0.338.